The summed E-state index contributed by atoms with van der Waals surface area (Å²) in [5.74, 6) is 0. The molecule has 1 aromatic heterocycles. The normalized spacial score (nSPS) is 11.2. The van der Waals surface area contributed by atoms with Gasteiger partial charge in [0.15, 0.2) is 0 Å². The van der Waals surface area contributed by atoms with Crippen molar-refractivity contribution in [1.82, 2.24) is 4.98 Å². The number of rotatable bonds is 1. The average Bonchev–Trinajstić information content (AvgIpc) is 2.92. The molecule has 1 nitrogen and oxygen atoms in total. The molecule has 1 heterocycles. The summed E-state index contributed by atoms with van der Waals surface area (Å²) in [6, 6.07) is 21.6. The second-order valence-electron chi connectivity index (χ2n) is 5.02. The fourth-order valence-corrected chi connectivity index (χ4v) is 4.79. The summed E-state index contributed by atoms with van der Waals surface area (Å²) in [5, 5.41) is 2.67. The van der Waals surface area contributed by atoms with Crippen molar-refractivity contribution in [3.8, 4) is 10.1 Å². The van der Waals surface area contributed by atoms with Crippen molar-refractivity contribution in [2.24, 2.45) is 0 Å². The first-order chi connectivity index (χ1) is 9.81. The third kappa shape index (κ3) is 1.89. The van der Waals surface area contributed by atoms with Gasteiger partial charge in [-0.15, -0.1) is 0 Å². The van der Waals surface area contributed by atoms with E-state index in [0.29, 0.717) is 14.5 Å². The molecule has 0 spiro atoms. The maximum absolute atomic E-state index is 4.85. The van der Waals surface area contributed by atoms with Crippen LogP contribution in [0.5, 0.6) is 0 Å². The Balaban J connectivity index is 1.98. The van der Waals surface area contributed by atoms with Gasteiger partial charge in [0.1, 0.15) is 0 Å². The van der Waals surface area contributed by atoms with Crippen LogP contribution in [0.15, 0.2) is 60.7 Å². The number of aromatic nitrogens is 1. The first-order valence-corrected chi connectivity index (χ1v) is 8.38. The Morgan fingerprint density at radius 1 is 0.850 bits per heavy atom. The molecule has 0 bridgehead atoms. The van der Waals surface area contributed by atoms with Gasteiger partial charge in [0.25, 0.3) is 0 Å². The van der Waals surface area contributed by atoms with Crippen molar-refractivity contribution in [2.45, 2.75) is 6.92 Å². The summed E-state index contributed by atoms with van der Waals surface area (Å²) in [6.45, 7) is 2.12. The monoisotopic (exact) mass is 323 g/mol. The van der Waals surface area contributed by atoms with E-state index in [0.717, 1.165) is 5.52 Å². The molecule has 20 heavy (non-hydrogen) atoms. The van der Waals surface area contributed by atoms with E-state index in [-0.39, 0.29) is 0 Å². The second-order valence-corrected chi connectivity index (χ2v) is 7.12. The van der Waals surface area contributed by atoms with Crippen LogP contribution in [0.3, 0.4) is 0 Å². The quantitative estimate of drug-likeness (QED) is 0.473. The summed E-state index contributed by atoms with van der Waals surface area (Å²) in [6.07, 6.45) is 0. The molecular weight excluding hydrogens is 309 g/mol. The van der Waals surface area contributed by atoms with Gasteiger partial charge in [-0.3, -0.25) is 0 Å². The molecule has 0 amide bonds. The van der Waals surface area contributed by atoms with Crippen LogP contribution in [0.2, 0.25) is 0 Å². The molecule has 0 fully saturated rings. The van der Waals surface area contributed by atoms with Crippen molar-refractivity contribution in [2.75, 3.05) is 0 Å². The van der Waals surface area contributed by atoms with Crippen LogP contribution >= 0.6 is 0 Å². The van der Waals surface area contributed by atoms with Gasteiger partial charge in [-0.2, -0.15) is 0 Å². The van der Waals surface area contributed by atoms with Crippen molar-refractivity contribution in [3.05, 3.63) is 66.2 Å². The van der Waals surface area contributed by atoms with E-state index in [1.54, 1.807) is 0 Å². The number of fused-ring (bicyclic) bond motifs is 3. The van der Waals surface area contributed by atoms with E-state index in [9.17, 15) is 0 Å². The fraction of sp³-hybridized carbons (Fsp3) is 0.0556. The van der Waals surface area contributed by atoms with Crippen molar-refractivity contribution < 1.29 is 0 Å². The second kappa shape index (κ2) is 4.59. The van der Waals surface area contributed by atoms with E-state index in [1.165, 1.54) is 30.7 Å². The molecule has 0 aliphatic carbocycles. The third-order valence-corrected chi connectivity index (χ3v) is 6.00. The molecule has 0 aliphatic heterocycles. The molecule has 0 radical (unpaired) electrons. The molecule has 2 heteroatoms. The predicted octanol–water partition coefficient (Wildman–Crippen LogP) is 4.42. The van der Waals surface area contributed by atoms with Gasteiger partial charge in [0, 0.05) is 0 Å². The van der Waals surface area contributed by atoms with Crippen molar-refractivity contribution >= 4 is 35.1 Å². The fourth-order valence-electron chi connectivity index (χ4n) is 2.48. The van der Waals surface area contributed by atoms with Gasteiger partial charge in [0.2, 0.25) is 0 Å². The van der Waals surface area contributed by atoms with Crippen LogP contribution in [0.25, 0.3) is 30.7 Å². The summed E-state index contributed by atoms with van der Waals surface area (Å²) in [7, 11) is 0. The Bertz CT molecular complexity index is 904. The predicted molar refractivity (Wildman–Crippen MR) is 86.4 cm³/mol. The van der Waals surface area contributed by atoms with E-state index < -0.39 is 0 Å². The topological polar surface area (TPSA) is 12.9 Å². The first kappa shape index (κ1) is 11.9. The van der Waals surface area contributed by atoms with Gasteiger partial charge in [0.05, 0.1) is 0 Å². The molecule has 0 atom stereocenters. The molecule has 0 saturated carbocycles. The van der Waals surface area contributed by atoms with Crippen molar-refractivity contribution in [3.63, 3.8) is 0 Å². The summed E-state index contributed by atoms with van der Waals surface area (Å²) >= 11 is 0.297. The summed E-state index contributed by atoms with van der Waals surface area (Å²) < 4.78 is 2.66. The zero-order chi connectivity index (χ0) is 13.5. The Morgan fingerprint density at radius 3 is 2.50 bits per heavy atom. The van der Waals surface area contributed by atoms with Crippen LogP contribution < -0.4 is 0 Å². The van der Waals surface area contributed by atoms with Gasteiger partial charge in [-0.05, 0) is 0 Å². The number of aryl methyl sites for hydroxylation is 1. The average molecular weight is 322 g/mol. The van der Waals surface area contributed by atoms with Gasteiger partial charge < -0.3 is 0 Å². The Morgan fingerprint density at radius 2 is 1.65 bits per heavy atom. The first-order valence-electron chi connectivity index (χ1n) is 6.66. The molecule has 4 rings (SSSR count). The number of hydrogen-bond acceptors (Lipinski definition) is 1. The molecule has 3 aromatic carbocycles. The molecule has 0 saturated heterocycles. The Labute approximate surface area is 123 Å². The zero-order valence-electron chi connectivity index (χ0n) is 11.1. The van der Waals surface area contributed by atoms with E-state index in [4.69, 9.17) is 4.98 Å². The van der Waals surface area contributed by atoms with Gasteiger partial charge in [-0.25, -0.2) is 0 Å². The van der Waals surface area contributed by atoms with Crippen molar-refractivity contribution in [1.29, 1.82) is 0 Å². The summed E-state index contributed by atoms with van der Waals surface area (Å²) in [4.78, 5) is 4.85. The zero-order valence-corrected chi connectivity index (χ0v) is 12.8. The minimum atomic E-state index is 0.297. The summed E-state index contributed by atoms with van der Waals surface area (Å²) in [5.41, 5.74) is 3.71. The number of hydrogen-bond donors (Lipinski definition) is 0. The van der Waals surface area contributed by atoms with Crippen LogP contribution in [0.4, 0.5) is 0 Å². The maximum atomic E-state index is 4.85. The molecule has 0 N–H and O–H groups in total. The van der Waals surface area contributed by atoms with E-state index in [2.05, 4.69) is 67.6 Å². The third-order valence-electron chi connectivity index (χ3n) is 3.58. The SMILES string of the molecule is Cc1ccc(-c2nc3ccc4ccccc4c3[se]2)cc1. The molecule has 0 unspecified atom stereocenters. The molecule has 0 aliphatic rings. The van der Waals surface area contributed by atoms with E-state index >= 15 is 0 Å². The Hall–Kier alpha value is -1.89. The molecule has 96 valence electrons. The van der Waals surface area contributed by atoms with E-state index in [1.807, 2.05) is 0 Å². The van der Waals surface area contributed by atoms with Crippen LogP contribution in [0, 0.1) is 6.92 Å². The number of benzene rings is 3. The van der Waals surface area contributed by atoms with Crippen LogP contribution in [-0.2, 0) is 0 Å². The van der Waals surface area contributed by atoms with Crippen LogP contribution in [-0.4, -0.2) is 19.5 Å². The molecular formula is C18H13NSe. The standard InChI is InChI=1S/C18H13NSe/c1-12-6-8-14(9-7-12)18-19-16-11-10-13-4-2-3-5-15(13)17(16)20-18/h2-11H,1H3. The minimum absolute atomic E-state index is 0.297. The number of nitrogens with zero attached hydrogens (tertiary/aromatic N) is 1. The van der Waals surface area contributed by atoms with Gasteiger partial charge in [-0.1, -0.05) is 0 Å². The Kier molecular flexibility index (Phi) is 2.73. The van der Waals surface area contributed by atoms with Gasteiger partial charge >= 0.3 is 123 Å². The molecule has 4 aromatic rings. The van der Waals surface area contributed by atoms with Crippen LogP contribution in [0.1, 0.15) is 5.56 Å².